The lowest BCUT2D eigenvalue weighted by atomic mass is 10.1. The standard InChI is InChI=1S/C22H26N4O2.HI/c1-16-7-9-19(10-8-16)21-26-20(15-28-21)13-25-22(23-2)24-12-17-5-4-6-18(11-17)14-27-3;/h4-11,15H,12-14H2,1-3H3,(H2,23,24,25);1H. The van der Waals surface area contributed by atoms with Crippen molar-refractivity contribution in [3.63, 3.8) is 0 Å². The molecular weight excluding hydrogens is 479 g/mol. The molecule has 2 aromatic carbocycles. The molecule has 0 aliphatic carbocycles. The largest absolute Gasteiger partial charge is 0.444 e. The van der Waals surface area contributed by atoms with Crippen LogP contribution in [0.2, 0.25) is 0 Å². The Morgan fingerprint density at radius 2 is 1.79 bits per heavy atom. The number of hydrogen-bond acceptors (Lipinski definition) is 4. The third-order valence-electron chi connectivity index (χ3n) is 4.27. The molecule has 0 aliphatic rings. The Kier molecular flexibility index (Phi) is 9.14. The third kappa shape index (κ3) is 6.86. The van der Waals surface area contributed by atoms with E-state index in [-0.39, 0.29) is 24.0 Å². The Morgan fingerprint density at radius 1 is 1.07 bits per heavy atom. The van der Waals surface area contributed by atoms with Crippen molar-refractivity contribution in [1.82, 2.24) is 15.6 Å². The molecular formula is C22H27IN4O2. The van der Waals surface area contributed by atoms with Gasteiger partial charge in [0, 0.05) is 26.3 Å². The second-order valence-corrected chi connectivity index (χ2v) is 6.54. The Balaban J connectivity index is 0.00000300. The highest BCUT2D eigenvalue weighted by Gasteiger charge is 2.07. The fourth-order valence-corrected chi connectivity index (χ4v) is 2.79. The third-order valence-corrected chi connectivity index (χ3v) is 4.27. The fraction of sp³-hybridized carbons (Fsp3) is 0.273. The molecule has 3 aromatic rings. The van der Waals surface area contributed by atoms with E-state index in [2.05, 4.69) is 45.7 Å². The van der Waals surface area contributed by atoms with Crippen molar-refractivity contribution in [2.75, 3.05) is 14.2 Å². The molecule has 2 N–H and O–H groups in total. The first kappa shape index (κ1) is 22.9. The second kappa shape index (κ2) is 11.6. The Hall–Kier alpha value is -2.39. The summed E-state index contributed by atoms with van der Waals surface area (Å²) in [6, 6.07) is 16.4. The summed E-state index contributed by atoms with van der Waals surface area (Å²) in [6.45, 7) is 3.86. The number of ether oxygens (including phenoxy) is 1. The van der Waals surface area contributed by atoms with Crippen molar-refractivity contribution < 1.29 is 9.15 Å². The number of rotatable bonds is 7. The SMILES string of the molecule is CN=C(NCc1cccc(COC)c1)NCc1coc(-c2ccc(C)cc2)n1.I. The van der Waals surface area contributed by atoms with Gasteiger partial charge in [0.1, 0.15) is 6.26 Å². The topological polar surface area (TPSA) is 71.7 Å². The molecule has 0 bridgehead atoms. The van der Waals surface area contributed by atoms with E-state index in [1.54, 1.807) is 20.4 Å². The van der Waals surface area contributed by atoms with Crippen molar-refractivity contribution in [1.29, 1.82) is 0 Å². The number of aliphatic imine (C=N–C) groups is 1. The van der Waals surface area contributed by atoms with Gasteiger partial charge in [-0.2, -0.15) is 0 Å². The monoisotopic (exact) mass is 506 g/mol. The van der Waals surface area contributed by atoms with E-state index < -0.39 is 0 Å². The summed E-state index contributed by atoms with van der Waals surface area (Å²) in [7, 11) is 3.45. The van der Waals surface area contributed by atoms with E-state index in [1.807, 2.05) is 30.3 Å². The number of guanidine groups is 1. The summed E-state index contributed by atoms with van der Waals surface area (Å²) in [4.78, 5) is 8.80. The number of aryl methyl sites for hydroxylation is 1. The first-order valence-corrected chi connectivity index (χ1v) is 9.20. The summed E-state index contributed by atoms with van der Waals surface area (Å²) >= 11 is 0. The van der Waals surface area contributed by atoms with Gasteiger partial charge in [-0.15, -0.1) is 24.0 Å². The number of nitrogens with one attached hydrogen (secondary N) is 2. The van der Waals surface area contributed by atoms with E-state index in [1.165, 1.54) is 11.1 Å². The molecule has 0 saturated heterocycles. The summed E-state index contributed by atoms with van der Waals surface area (Å²) in [5.41, 5.74) is 5.31. The van der Waals surface area contributed by atoms with Crippen LogP contribution in [-0.2, 0) is 24.4 Å². The highest BCUT2D eigenvalue weighted by Crippen LogP contribution is 2.19. The number of nitrogens with zero attached hydrogens (tertiary/aromatic N) is 2. The van der Waals surface area contributed by atoms with E-state index in [9.17, 15) is 0 Å². The first-order valence-electron chi connectivity index (χ1n) is 9.20. The molecule has 0 amide bonds. The van der Waals surface area contributed by atoms with Gasteiger partial charge in [-0.3, -0.25) is 4.99 Å². The quantitative estimate of drug-likeness (QED) is 0.285. The lowest BCUT2D eigenvalue weighted by Crippen LogP contribution is -2.36. The van der Waals surface area contributed by atoms with Gasteiger partial charge in [-0.25, -0.2) is 4.98 Å². The number of hydrogen-bond donors (Lipinski definition) is 2. The summed E-state index contributed by atoms with van der Waals surface area (Å²) in [6.07, 6.45) is 1.67. The number of methoxy groups -OCH3 is 1. The average Bonchev–Trinajstić information content (AvgIpc) is 3.18. The van der Waals surface area contributed by atoms with Crippen LogP contribution < -0.4 is 10.6 Å². The Bertz CT molecular complexity index is 923. The molecule has 0 radical (unpaired) electrons. The van der Waals surface area contributed by atoms with Crippen LogP contribution in [0.5, 0.6) is 0 Å². The highest BCUT2D eigenvalue weighted by atomic mass is 127. The van der Waals surface area contributed by atoms with Crippen LogP contribution in [0, 0.1) is 6.92 Å². The maximum atomic E-state index is 5.60. The molecule has 0 aliphatic heterocycles. The van der Waals surface area contributed by atoms with E-state index >= 15 is 0 Å². The summed E-state index contributed by atoms with van der Waals surface area (Å²) in [5, 5.41) is 6.57. The Labute approximate surface area is 188 Å². The van der Waals surface area contributed by atoms with Gasteiger partial charge in [0.15, 0.2) is 5.96 Å². The van der Waals surface area contributed by atoms with E-state index in [0.717, 1.165) is 16.8 Å². The van der Waals surface area contributed by atoms with Crippen molar-refractivity contribution in [2.24, 2.45) is 4.99 Å². The number of halogens is 1. The van der Waals surface area contributed by atoms with Crippen LogP contribution in [0.3, 0.4) is 0 Å². The average molecular weight is 506 g/mol. The predicted octanol–water partition coefficient (Wildman–Crippen LogP) is 4.28. The zero-order valence-electron chi connectivity index (χ0n) is 16.9. The molecule has 29 heavy (non-hydrogen) atoms. The zero-order valence-corrected chi connectivity index (χ0v) is 19.3. The summed E-state index contributed by atoms with van der Waals surface area (Å²) < 4.78 is 10.8. The van der Waals surface area contributed by atoms with Gasteiger partial charge in [0.05, 0.1) is 18.8 Å². The van der Waals surface area contributed by atoms with Crippen molar-refractivity contribution in [3.05, 3.63) is 77.2 Å². The molecule has 1 aromatic heterocycles. The minimum atomic E-state index is 0. The number of aromatic nitrogens is 1. The molecule has 0 spiro atoms. The van der Waals surface area contributed by atoms with Crippen LogP contribution in [0.25, 0.3) is 11.5 Å². The van der Waals surface area contributed by atoms with Crippen molar-refractivity contribution in [2.45, 2.75) is 26.6 Å². The smallest absolute Gasteiger partial charge is 0.226 e. The normalized spacial score (nSPS) is 11.1. The van der Waals surface area contributed by atoms with Crippen molar-refractivity contribution >= 4 is 29.9 Å². The van der Waals surface area contributed by atoms with Crippen LogP contribution in [0.1, 0.15) is 22.4 Å². The minimum Gasteiger partial charge on any atom is -0.444 e. The van der Waals surface area contributed by atoms with Crippen LogP contribution in [0.15, 0.2) is 64.2 Å². The van der Waals surface area contributed by atoms with Gasteiger partial charge in [-0.1, -0.05) is 42.0 Å². The minimum absolute atomic E-state index is 0. The van der Waals surface area contributed by atoms with Gasteiger partial charge in [0.25, 0.3) is 0 Å². The molecule has 6 nitrogen and oxygen atoms in total. The van der Waals surface area contributed by atoms with Crippen molar-refractivity contribution in [3.8, 4) is 11.5 Å². The molecule has 0 atom stereocenters. The molecule has 0 saturated carbocycles. The number of oxazole rings is 1. The number of benzene rings is 2. The maximum Gasteiger partial charge on any atom is 0.226 e. The lowest BCUT2D eigenvalue weighted by Gasteiger charge is -2.11. The molecule has 0 unspecified atom stereocenters. The fourth-order valence-electron chi connectivity index (χ4n) is 2.79. The van der Waals surface area contributed by atoms with Gasteiger partial charge >= 0.3 is 0 Å². The molecule has 0 fully saturated rings. The molecule has 1 heterocycles. The maximum absolute atomic E-state index is 5.60. The lowest BCUT2D eigenvalue weighted by molar-refractivity contribution is 0.185. The van der Waals surface area contributed by atoms with Gasteiger partial charge in [0.2, 0.25) is 5.89 Å². The van der Waals surface area contributed by atoms with Gasteiger partial charge in [-0.05, 0) is 30.2 Å². The molecule has 3 rings (SSSR count). The summed E-state index contributed by atoms with van der Waals surface area (Å²) in [5.74, 6) is 1.33. The zero-order chi connectivity index (χ0) is 19.8. The molecule has 7 heteroatoms. The van der Waals surface area contributed by atoms with Crippen LogP contribution in [0.4, 0.5) is 0 Å². The van der Waals surface area contributed by atoms with Gasteiger partial charge < -0.3 is 19.8 Å². The van der Waals surface area contributed by atoms with E-state index in [0.29, 0.717) is 31.5 Å². The van der Waals surface area contributed by atoms with Crippen LogP contribution >= 0.6 is 24.0 Å². The first-order chi connectivity index (χ1) is 13.7. The predicted molar refractivity (Wildman–Crippen MR) is 126 cm³/mol. The van der Waals surface area contributed by atoms with E-state index in [4.69, 9.17) is 9.15 Å². The Morgan fingerprint density at radius 3 is 2.52 bits per heavy atom. The molecule has 154 valence electrons. The van der Waals surface area contributed by atoms with Crippen LogP contribution in [-0.4, -0.2) is 25.1 Å². The highest BCUT2D eigenvalue weighted by molar-refractivity contribution is 14.0. The second-order valence-electron chi connectivity index (χ2n) is 6.54.